The highest BCUT2D eigenvalue weighted by Crippen LogP contribution is 2.50. The Morgan fingerprint density at radius 2 is 1.07 bits per heavy atom. The molecule has 0 N–H and O–H groups in total. The van der Waals surface area contributed by atoms with Crippen LogP contribution in [0.15, 0.2) is 146 Å². The summed E-state index contributed by atoms with van der Waals surface area (Å²) in [4.78, 5) is 0. The van der Waals surface area contributed by atoms with Gasteiger partial charge in [-0.1, -0.05) is 121 Å². The van der Waals surface area contributed by atoms with Crippen LogP contribution in [0.3, 0.4) is 0 Å². The predicted octanol–water partition coefficient (Wildman–Crippen LogP) is 11.4. The Hall–Kier alpha value is -5.40. The van der Waals surface area contributed by atoms with Crippen LogP contribution in [0.2, 0.25) is 0 Å². The second kappa shape index (κ2) is 8.55. The minimum absolute atomic E-state index is 0.899. The normalized spacial score (nSPS) is 12.1. The second-order valence-corrected chi connectivity index (χ2v) is 10.9. The fourth-order valence-electron chi connectivity index (χ4n) is 6.80. The van der Waals surface area contributed by atoms with E-state index in [1.165, 1.54) is 70.9 Å². The molecular weight excluding hydrogens is 496 g/mol. The summed E-state index contributed by atoms with van der Waals surface area (Å²) in [5, 5.41) is 9.98. The van der Waals surface area contributed by atoms with Crippen LogP contribution in [0.25, 0.3) is 76.5 Å². The molecule has 0 bridgehead atoms. The highest BCUT2D eigenvalue weighted by molar-refractivity contribution is 6.22. The summed E-state index contributed by atoms with van der Waals surface area (Å²) in [5.74, 6) is 1.81. The Bertz CT molecular complexity index is 2330. The van der Waals surface area contributed by atoms with Gasteiger partial charge in [0.25, 0.3) is 0 Å². The zero-order valence-electron chi connectivity index (χ0n) is 22.3. The molecule has 1 nitrogen and oxygen atoms in total. The first kappa shape index (κ1) is 22.4. The van der Waals surface area contributed by atoms with Crippen molar-refractivity contribution in [3.8, 4) is 44.9 Å². The summed E-state index contributed by atoms with van der Waals surface area (Å²) in [6, 6.07) is 52.5. The second-order valence-electron chi connectivity index (χ2n) is 10.9. The molecule has 0 fully saturated rings. The van der Waals surface area contributed by atoms with E-state index in [2.05, 4.69) is 146 Å². The van der Waals surface area contributed by atoms with Gasteiger partial charge in [-0.25, -0.2) is 0 Å². The van der Waals surface area contributed by atoms with Crippen LogP contribution in [0.4, 0.5) is 0 Å². The molecule has 1 aliphatic heterocycles. The van der Waals surface area contributed by atoms with E-state index in [-0.39, 0.29) is 0 Å². The van der Waals surface area contributed by atoms with Crippen molar-refractivity contribution >= 4 is 43.1 Å². The number of benzene rings is 8. The van der Waals surface area contributed by atoms with E-state index in [1.807, 2.05) is 0 Å². The van der Waals surface area contributed by atoms with Gasteiger partial charge in [0.1, 0.15) is 11.5 Å². The van der Waals surface area contributed by atoms with Crippen molar-refractivity contribution in [3.05, 3.63) is 146 Å². The maximum absolute atomic E-state index is 6.58. The van der Waals surface area contributed by atoms with E-state index in [4.69, 9.17) is 4.74 Å². The number of ether oxygens (including phenoxy) is 1. The van der Waals surface area contributed by atoms with Gasteiger partial charge in [0.05, 0.1) is 0 Å². The maximum Gasteiger partial charge on any atom is 0.135 e. The van der Waals surface area contributed by atoms with Crippen LogP contribution in [0.5, 0.6) is 11.5 Å². The Morgan fingerprint density at radius 1 is 0.341 bits per heavy atom. The molecule has 0 aliphatic carbocycles. The Kier molecular flexibility index (Phi) is 4.67. The highest BCUT2D eigenvalue weighted by Gasteiger charge is 2.23. The van der Waals surface area contributed by atoms with E-state index in [9.17, 15) is 0 Å². The van der Waals surface area contributed by atoms with Gasteiger partial charge in [0, 0.05) is 10.9 Å². The summed E-state index contributed by atoms with van der Waals surface area (Å²) in [6.45, 7) is 0. The first-order chi connectivity index (χ1) is 20.3. The van der Waals surface area contributed by atoms with Gasteiger partial charge in [0.15, 0.2) is 0 Å². The standard InChI is InChI=1S/C40H24O/c1-2-9-25(10-3-1)30-20-22-37-40-33(30)15-8-16-34(40)35-24-29(19-21-36(35)41-37)39-32-14-7-5-12-27(32)23-28-18-17-26-11-4-6-13-31(26)38(28)39/h1-24H. The van der Waals surface area contributed by atoms with Crippen LogP contribution in [-0.4, -0.2) is 0 Å². The lowest BCUT2D eigenvalue weighted by molar-refractivity contribution is 0.487. The SMILES string of the molecule is c1ccc(-c2ccc3c4c(cccc24)-c2cc(-c4c5ccccc5cc5ccc6ccccc6c45)ccc2O3)cc1. The molecule has 0 aromatic heterocycles. The monoisotopic (exact) mass is 520 g/mol. The van der Waals surface area contributed by atoms with Crippen LogP contribution in [0.1, 0.15) is 0 Å². The number of hydrogen-bond acceptors (Lipinski definition) is 1. The summed E-state index contributed by atoms with van der Waals surface area (Å²) in [6.07, 6.45) is 0. The van der Waals surface area contributed by atoms with Crippen molar-refractivity contribution < 1.29 is 4.74 Å². The molecular formula is C40H24O. The largest absolute Gasteiger partial charge is 0.456 e. The molecule has 1 heteroatoms. The van der Waals surface area contributed by atoms with Gasteiger partial charge in [0.2, 0.25) is 0 Å². The summed E-state index contributed by atoms with van der Waals surface area (Å²) >= 11 is 0. The predicted molar refractivity (Wildman–Crippen MR) is 173 cm³/mol. The van der Waals surface area contributed by atoms with Gasteiger partial charge in [-0.05, 0) is 89.8 Å². The van der Waals surface area contributed by atoms with Crippen molar-refractivity contribution in [1.82, 2.24) is 0 Å². The van der Waals surface area contributed by atoms with E-state index in [0.29, 0.717) is 0 Å². The van der Waals surface area contributed by atoms with Gasteiger partial charge in [-0.3, -0.25) is 0 Å². The van der Waals surface area contributed by atoms with Crippen LogP contribution < -0.4 is 4.74 Å². The third-order valence-electron chi connectivity index (χ3n) is 8.62. The smallest absolute Gasteiger partial charge is 0.135 e. The molecule has 0 saturated carbocycles. The van der Waals surface area contributed by atoms with E-state index >= 15 is 0 Å². The maximum atomic E-state index is 6.58. The van der Waals surface area contributed by atoms with Crippen molar-refractivity contribution in [1.29, 1.82) is 0 Å². The third-order valence-corrected chi connectivity index (χ3v) is 8.62. The molecule has 0 saturated heterocycles. The average Bonchev–Trinajstić information content (AvgIpc) is 3.04. The average molecular weight is 521 g/mol. The Labute approximate surface area is 237 Å². The van der Waals surface area contributed by atoms with Crippen molar-refractivity contribution in [3.63, 3.8) is 0 Å². The quantitative estimate of drug-likeness (QED) is 0.163. The fourth-order valence-corrected chi connectivity index (χ4v) is 6.80. The molecule has 0 atom stereocenters. The fraction of sp³-hybridized carbons (Fsp3) is 0. The molecule has 8 aromatic rings. The molecule has 1 aliphatic rings. The zero-order chi connectivity index (χ0) is 26.9. The van der Waals surface area contributed by atoms with Crippen LogP contribution >= 0.6 is 0 Å². The van der Waals surface area contributed by atoms with E-state index < -0.39 is 0 Å². The zero-order valence-corrected chi connectivity index (χ0v) is 22.3. The summed E-state index contributed by atoms with van der Waals surface area (Å²) in [5.41, 5.74) is 7.25. The molecule has 0 unspecified atom stereocenters. The van der Waals surface area contributed by atoms with Crippen molar-refractivity contribution in [2.24, 2.45) is 0 Å². The number of rotatable bonds is 2. The molecule has 8 aromatic carbocycles. The molecule has 190 valence electrons. The van der Waals surface area contributed by atoms with E-state index in [0.717, 1.165) is 17.1 Å². The highest BCUT2D eigenvalue weighted by atomic mass is 16.5. The lowest BCUT2D eigenvalue weighted by Crippen LogP contribution is -1.98. The van der Waals surface area contributed by atoms with Gasteiger partial charge in [-0.15, -0.1) is 0 Å². The van der Waals surface area contributed by atoms with Crippen LogP contribution in [0, 0.1) is 0 Å². The van der Waals surface area contributed by atoms with Gasteiger partial charge >= 0.3 is 0 Å². The molecule has 0 spiro atoms. The lowest BCUT2D eigenvalue weighted by Gasteiger charge is -2.24. The van der Waals surface area contributed by atoms with E-state index in [1.54, 1.807) is 0 Å². The molecule has 0 radical (unpaired) electrons. The molecule has 41 heavy (non-hydrogen) atoms. The molecule has 9 rings (SSSR count). The first-order valence-electron chi connectivity index (χ1n) is 14.1. The third kappa shape index (κ3) is 3.30. The first-order valence-corrected chi connectivity index (χ1v) is 14.1. The number of hydrogen-bond donors (Lipinski definition) is 0. The minimum Gasteiger partial charge on any atom is -0.456 e. The number of fused-ring (bicyclic) bond motifs is 6. The minimum atomic E-state index is 0.899. The van der Waals surface area contributed by atoms with Crippen molar-refractivity contribution in [2.75, 3.05) is 0 Å². The van der Waals surface area contributed by atoms with Crippen LogP contribution in [-0.2, 0) is 0 Å². The Balaban J connectivity index is 1.35. The van der Waals surface area contributed by atoms with Gasteiger partial charge < -0.3 is 4.74 Å². The summed E-state index contributed by atoms with van der Waals surface area (Å²) < 4.78 is 6.58. The van der Waals surface area contributed by atoms with Gasteiger partial charge in [-0.2, -0.15) is 0 Å². The van der Waals surface area contributed by atoms with Crippen molar-refractivity contribution in [2.45, 2.75) is 0 Å². The Morgan fingerprint density at radius 3 is 1.98 bits per heavy atom. The summed E-state index contributed by atoms with van der Waals surface area (Å²) in [7, 11) is 0. The lowest BCUT2D eigenvalue weighted by atomic mass is 9.86. The topological polar surface area (TPSA) is 9.23 Å². The molecule has 0 amide bonds. The molecule has 1 heterocycles.